The van der Waals surface area contributed by atoms with E-state index >= 15 is 0 Å². The zero-order valence-electron chi connectivity index (χ0n) is 9.92. The summed E-state index contributed by atoms with van der Waals surface area (Å²) in [6.45, 7) is 8.77. The van der Waals surface area contributed by atoms with Crippen LogP contribution in [0.25, 0.3) is 0 Å². The molecule has 1 aliphatic carbocycles. The van der Waals surface area contributed by atoms with Gasteiger partial charge in [0.15, 0.2) is 0 Å². The van der Waals surface area contributed by atoms with Gasteiger partial charge in [-0.05, 0) is 43.7 Å². The molecule has 14 heavy (non-hydrogen) atoms. The molecule has 3 N–H and O–H groups in total. The molecule has 3 unspecified atom stereocenters. The summed E-state index contributed by atoms with van der Waals surface area (Å²) in [5, 5.41) is 3.63. The van der Waals surface area contributed by atoms with Gasteiger partial charge in [0.05, 0.1) is 0 Å². The van der Waals surface area contributed by atoms with Crippen LogP contribution in [0.5, 0.6) is 0 Å². The minimum Gasteiger partial charge on any atom is -0.330 e. The largest absolute Gasteiger partial charge is 0.330 e. The first kappa shape index (κ1) is 12.0. The first-order valence-electron chi connectivity index (χ1n) is 6.10. The first-order valence-corrected chi connectivity index (χ1v) is 6.10. The SMILES string of the molecule is CCC1CC1NCC(CN)CC(C)C. The zero-order chi connectivity index (χ0) is 10.6. The predicted molar refractivity (Wildman–Crippen MR) is 62.2 cm³/mol. The monoisotopic (exact) mass is 198 g/mol. The molecule has 1 rings (SSSR count). The summed E-state index contributed by atoms with van der Waals surface area (Å²) in [5.41, 5.74) is 5.75. The Hall–Kier alpha value is -0.0800. The quantitative estimate of drug-likeness (QED) is 0.656. The summed E-state index contributed by atoms with van der Waals surface area (Å²) in [4.78, 5) is 0. The van der Waals surface area contributed by atoms with E-state index in [1.807, 2.05) is 0 Å². The van der Waals surface area contributed by atoms with E-state index in [1.165, 1.54) is 19.3 Å². The normalized spacial score (nSPS) is 28.1. The summed E-state index contributed by atoms with van der Waals surface area (Å²) in [5.74, 6) is 2.40. The summed E-state index contributed by atoms with van der Waals surface area (Å²) in [6, 6.07) is 0.807. The molecule has 0 aromatic heterocycles. The van der Waals surface area contributed by atoms with E-state index in [1.54, 1.807) is 0 Å². The molecule has 1 saturated carbocycles. The van der Waals surface area contributed by atoms with Crippen LogP contribution in [-0.2, 0) is 0 Å². The topological polar surface area (TPSA) is 38.0 Å². The summed E-state index contributed by atoms with van der Waals surface area (Å²) in [6.07, 6.45) is 3.97. The lowest BCUT2D eigenvalue weighted by Crippen LogP contribution is -2.31. The molecule has 3 atom stereocenters. The molecule has 0 heterocycles. The van der Waals surface area contributed by atoms with E-state index in [0.29, 0.717) is 5.92 Å². The van der Waals surface area contributed by atoms with Crippen LogP contribution in [0, 0.1) is 17.8 Å². The molecule has 0 bridgehead atoms. The van der Waals surface area contributed by atoms with Crippen LogP contribution in [0.3, 0.4) is 0 Å². The minimum absolute atomic E-state index is 0.674. The highest BCUT2D eigenvalue weighted by atomic mass is 15.0. The average molecular weight is 198 g/mol. The van der Waals surface area contributed by atoms with Crippen LogP contribution in [0.2, 0.25) is 0 Å². The van der Waals surface area contributed by atoms with Crippen molar-refractivity contribution >= 4 is 0 Å². The molecule has 2 nitrogen and oxygen atoms in total. The van der Waals surface area contributed by atoms with Gasteiger partial charge in [-0.2, -0.15) is 0 Å². The molecule has 1 aliphatic rings. The molecule has 0 radical (unpaired) electrons. The molecule has 1 fully saturated rings. The van der Waals surface area contributed by atoms with Crippen molar-refractivity contribution in [3.05, 3.63) is 0 Å². The minimum atomic E-state index is 0.674. The Morgan fingerprint density at radius 3 is 2.57 bits per heavy atom. The number of nitrogens with two attached hydrogens (primary N) is 1. The van der Waals surface area contributed by atoms with E-state index in [0.717, 1.165) is 31.0 Å². The molecule has 0 amide bonds. The van der Waals surface area contributed by atoms with Crippen molar-refractivity contribution < 1.29 is 0 Å². The van der Waals surface area contributed by atoms with Crippen molar-refractivity contribution in [2.45, 2.75) is 46.1 Å². The van der Waals surface area contributed by atoms with Crippen molar-refractivity contribution in [2.75, 3.05) is 13.1 Å². The Morgan fingerprint density at radius 2 is 2.14 bits per heavy atom. The summed E-state index contributed by atoms with van der Waals surface area (Å²) >= 11 is 0. The van der Waals surface area contributed by atoms with Gasteiger partial charge in [-0.15, -0.1) is 0 Å². The molecule has 2 heteroatoms. The fraction of sp³-hybridized carbons (Fsp3) is 1.00. The molecule has 0 aromatic carbocycles. The lowest BCUT2D eigenvalue weighted by molar-refractivity contribution is 0.390. The molecule has 0 spiro atoms. The van der Waals surface area contributed by atoms with Crippen molar-refractivity contribution in [2.24, 2.45) is 23.5 Å². The maximum atomic E-state index is 5.75. The van der Waals surface area contributed by atoms with Crippen molar-refractivity contribution in [3.63, 3.8) is 0 Å². The average Bonchev–Trinajstić information content (AvgIpc) is 2.90. The second-order valence-corrected chi connectivity index (χ2v) is 5.15. The number of rotatable bonds is 7. The molecule has 0 aliphatic heterocycles. The number of hydrogen-bond donors (Lipinski definition) is 2. The zero-order valence-corrected chi connectivity index (χ0v) is 9.92. The second kappa shape index (κ2) is 5.72. The fourth-order valence-corrected chi connectivity index (χ4v) is 2.20. The van der Waals surface area contributed by atoms with Crippen molar-refractivity contribution in [1.82, 2.24) is 5.32 Å². The van der Waals surface area contributed by atoms with Crippen LogP contribution in [0.15, 0.2) is 0 Å². The molecular weight excluding hydrogens is 172 g/mol. The van der Waals surface area contributed by atoms with Gasteiger partial charge in [-0.25, -0.2) is 0 Å². The highest BCUT2D eigenvalue weighted by Gasteiger charge is 2.34. The number of nitrogens with one attached hydrogen (secondary N) is 1. The van der Waals surface area contributed by atoms with Crippen molar-refractivity contribution in [1.29, 1.82) is 0 Å². The Balaban J connectivity index is 2.09. The third-order valence-electron chi connectivity index (χ3n) is 3.25. The van der Waals surface area contributed by atoms with Crippen LogP contribution < -0.4 is 11.1 Å². The predicted octanol–water partition coefficient (Wildman–Crippen LogP) is 2.00. The third kappa shape index (κ3) is 3.97. The molecular formula is C12H26N2. The first-order chi connectivity index (χ1) is 6.67. The van der Waals surface area contributed by atoms with Gasteiger partial charge in [0.2, 0.25) is 0 Å². The Morgan fingerprint density at radius 1 is 1.43 bits per heavy atom. The van der Waals surface area contributed by atoms with Gasteiger partial charge >= 0.3 is 0 Å². The van der Waals surface area contributed by atoms with Gasteiger partial charge in [0.1, 0.15) is 0 Å². The van der Waals surface area contributed by atoms with Gasteiger partial charge in [-0.3, -0.25) is 0 Å². The van der Waals surface area contributed by atoms with Crippen LogP contribution in [-0.4, -0.2) is 19.1 Å². The lowest BCUT2D eigenvalue weighted by atomic mass is 9.97. The van der Waals surface area contributed by atoms with Crippen LogP contribution in [0.4, 0.5) is 0 Å². The second-order valence-electron chi connectivity index (χ2n) is 5.15. The van der Waals surface area contributed by atoms with Crippen LogP contribution >= 0.6 is 0 Å². The van der Waals surface area contributed by atoms with Gasteiger partial charge < -0.3 is 11.1 Å². The molecule has 0 aromatic rings. The van der Waals surface area contributed by atoms with Gasteiger partial charge in [0, 0.05) is 6.04 Å². The lowest BCUT2D eigenvalue weighted by Gasteiger charge is -2.17. The summed E-state index contributed by atoms with van der Waals surface area (Å²) < 4.78 is 0. The van der Waals surface area contributed by atoms with E-state index in [-0.39, 0.29) is 0 Å². The Labute approximate surface area is 88.6 Å². The fourth-order valence-electron chi connectivity index (χ4n) is 2.20. The summed E-state index contributed by atoms with van der Waals surface area (Å²) in [7, 11) is 0. The van der Waals surface area contributed by atoms with Crippen molar-refractivity contribution in [3.8, 4) is 0 Å². The Bertz CT molecular complexity index is 156. The smallest absolute Gasteiger partial charge is 0.00991 e. The maximum Gasteiger partial charge on any atom is 0.00991 e. The maximum absolute atomic E-state index is 5.75. The van der Waals surface area contributed by atoms with E-state index in [4.69, 9.17) is 5.73 Å². The van der Waals surface area contributed by atoms with Crippen LogP contribution in [0.1, 0.15) is 40.0 Å². The highest BCUT2D eigenvalue weighted by molar-refractivity contribution is 4.92. The van der Waals surface area contributed by atoms with E-state index in [9.17, 15) is 0 Å². The standard InChI is InChI=1S/C12H26N2/c1-4-11-6-12(11)14-8-10(7-13)5-9(2)3/h9-12,14H,4-8,13H2,1-3H3. The highest BCUT2D eigenvalue weighted by Crippen LogP contribution is 2.33. The Kier molecular flexibility index (Phi) is 4.90. The molecule has 84 valence electrons. The molecule has 0 saturated heterocycles. The van der Waals surface area contributed by atoms with E-state index in [2.05, 4.69) is 26.1 Å². The van der Waals surface area contributed by atoms with Gasteiger partial charge in [-0.1, -0.05) is 27.2 Å². The van der Waals surface area contributed by atoms with Gasteiger partial charge in [0.25, 0.3) is 0 Å². The van der Waals surface area contributed by atoms with E-state index < -0.39 is 0 Å². The number of hydrogen-bond acceptors (Lipinski definition) is 2. The third-order valence-corrected chi connectivity index (χ3v) is 3.25.